The summed E-state index contributed by atoms with van der Waals surface area (Å²) in [6.07, 6.45) is 0. The van der Waals surface area contributed by atoms with E-state index in [1.807, 2.05) is 54.6 Å². The van der Waals surface area contributed by atoms with Crippen molar-refractivity contribution in [2.24, 2.45) is 0 Å². The van der Waals surface area contributed by atoms with Gasteiger partial charge in [0, 0.05) is 11.4 Å². The minimum atomic E-state index is -0.252. The Morgan fingerprint density at radius 1 is 1.18 bits per heavy atom. The number of carbonyl (C=O) groups excluding carboxylic acids is 1. The molecule has 0 radical (unpaired) electrons. The first-order valence-corrected chi connectivity index (χ1v) is 10.1. The van der Waals surface area contributed by atoms with Crippen LogP contribution in [-0.4, -0.2) is 26.6 Å². The van der Waals surface area contributed by atoms with Crippen molar-refractivity contribution in [1.29, 1.82) is 0 Å². The summed E-state index contributed by atoms with van der Waals surface area (Å²) in [7, 11) is 0. The van der Waals surface area contributed by atoms with Gasteiger partial charge in [-0.1, -0.05) is 37.3 Å². The molecule has 1 atom stereocenters. The average Bonchev–Trinajstić information content (AvgIpc) is 3.20. The maximum Gasteiger partial charge on any atom is 0.291 e. The minimum absolute atomic E-state index is 0.0878. The molecule has 0 aliphatic rings. The van der Waals surface area contributed by atoms with Gasteiger partial charge in [0.25, 0.3) is 5.56 Å². The average molecular weight is 395 g/mol. The van der Waals surface area contributed by atoms with Gasteiger partial charge in [-0.3, -0.25) is 14.0 Å². The second-order valence-electron chi connectivity index (χ2n) is 7.10. The molecule has 1 unspecified atom stereocenters. The van der Waals surface area contributed by atoms with Gasteiger partial charge in [-0.25, -0.2) is 4.68 Å². The lowest BCUT2D eigenvalue weighted by Crippen LogP contribution is -2.36. The van der Waals surface area contributed by atoms with E-state index >= 15 is 0 Å². The zero-order chi connectivity index (χ0) is 19.8. The van der Waals surface area contributed by atoms with Gasteiger partial charge in [-0.15, -0.1) is 11.3 Å². The molecule has 3 heterocycles. The summed E-state index contributed by atoms with van der Waals surface area (Å²) < 4.78 is 4.18. The molecular formula is C21H22N4O2S. The molecule has 0 aliphatic heterocycles. The molecule has 144 valence electrons. The molecule has 3 aromatic heterocycles. The number of aryl methyl sites for hydroxylation is 2. The summed E-state index contributed by atoms with van der Waals surface area (Å²) in [6, 6.07) is 14.0. The summed E-state index contributed by atoms with van der Waals surface area (Å²) in [6.45, 7) is 6.38. The number of thiophene rings is 1. The van der Waals surface area contributed by atoms with E-state index in [9.17, 15) is 9.59 Å². The van der Waals surface area contributed by atoms with E-state index in [1.165, 1.54) is 15.1 Å². The van der Waals surface area contributed by atoms with Gasteiger partial charge in [-0.2, -0.15) is 5.10 Å². The molecule has 0 saturated heterocycles. The van der Waals surface area contributed by atoms with Crippen molar-refractivity contribution in [3.8, 4) is 0 Å². The fourth-order valence-electron chi connectivity index (χ4n) is 3.48. The van der Waals surface area contributed by atoms with Crippen LogP contribution in [0.25, 0.3) is 15.7 Å². The zero-order valence-corrected chi connectivity index (χ0v) is 16.9. The Bertz CT molecular complexity index is 1220. The van der Waals surface area contributed by atoms with Crippen LogP contribution < -0.4 is 10.9 Å². The van der Waals surface area contributed by atoms with E-state index in [-0.39, 0.29) is 23.9 Å². The highest BCUT2D eigenvalue weighted by molar-refractivity contribution is 7.19. The molecule has 0 spiro atoms. The Morgan fingerprint density at radius 2 is 1.93 bits per heavy atom. The highest BCUT2D eigenvalue weighted by atomic mass is 32.1. The summed E-state index contributed by atoms with van der Waals surface area (Å²) in [5.41, 5.74) is 2.46. The number of amides is 1. The Morgan fingerprint density at radius 3 is 2.68 bits per heavy atom. The van der Waals surface area contributed by atoms with Crippen LogP contribution in [-0.2, 0) is 11.3 Å². The highest BCUT2D eigenvalue weighted by Gasteiger charge is 2.16. The quantitative estimate of drug-likeness (QED) is 0.565. The Hall–Kier alpha value is -2.93. The molecule has 1 aromatic carbocycles. The molecule has 6 nitrogen and oxygen atoms in total. The lowest BCUT2D eigenvalue weighted by molar-refractivity contribution is -0.121. The number of benzene rings is 1. The Labute approximate surface area is 166 Å². The van der Waals surface area contributed by atoms with Crippen LogP contribution in [0.2, 0.25) is 0 Å². The number of carbonyl (C=O) groups is 1. The van der Waals surface area contributed by atoms with Gasteiger partial charge in [0.1, 0.15) is 17.9 Å². The van der Waals surface area contributed by atoms with E-state index in [4.69, 9.17) is 0 Å². The van der Waals surface area contributed by atoms with E-state index < -0.39 is 0 Å². The monoisotopic (exact) mass is 394 g/mol. The lowest BCUT2D eigenvalue weighted by atomic mass is 10.0. The molecule has 0 fully saturated rings. The number of rotatable bonds is 5. The largest absolute Gasteiger partial charge is 0.354 e. The number of hydrogen-bond donors (Lipinski definition) is 1. The van der Waals surface area contributed by atoms with Crippen molar-refractivity contribution in [3.63, 3.8) is 0 Å². The summed E-state index contributed by atoms with van der Waals surface area (Å²) in [5, 5.41) is 7.28. The van der Waals surface area contributed by atoms with E-state index in [0.29, 0.717) is 17.9 Å². The second-order valence-corrected chi connectivity index (χ2v) is 8.39. The number of aromatic nitrogens is 3. The van der Waals surface area contributed by atoms with Gasteiger partial charge >= 0.3 is 0 Å². The predicted molar refractivity (Wildman–Crippen MR) is 112 cm³/mol. The van der Waals surface area contributed by atoms with E-state index in [0.717, 1.165) is 10.2 Å². The second kappa shape index (κ2) is 7.24. The van der Waals surface area contributed by atoms with Crippen LogP contribution in [0.5, 0.6) is 0 Å². The maximum absolute atomic E-state index is 12.8. The molecule has 1 N–H and O–H groups in total. The van der Waals surface area contributed by atoms with Gasteiger partial charge in [0.15, 0.2) is 0 Å². The van der Waals surface area contributed by atoms with Gasteiger partial charge in [0.05, 0.1) is 10.2 Å². The molecule has 0 saturated carbocycles. The number of fused-ring (bicyclic) bond motifs is 3. The standard InChI is InChI=1S/C21H22N4O2S/c1-13(16-7-5-4-6-8-16)11-22-20(26)12-24-21(27)18-10-19-17(9-14(2)28-19)25(18)15(3)23-24/h4-10,13H,11-12H2,1-3H3,(H,22,26). The van der Waals surface area contributed by atoms with Crippen LogP contribution in [0.3, 0.4) is 0 Å². The third-order valence-corrected chi connectivity index (χ3v) is 5.91. The van der Waals surface area contributed by atoms with Crippen molar-refractivity contribution in [1.82, 2.24) is 19.5 Å². The molecule has 4 rings (SSSR count). The van der Waals surface area contributed by atoms with Gasteiger partial charge in [-0.05, 0) is 37.5 Å². The van der Waals surface area contributed by atoms with Gasteiger partial charge in [0.2, 0.25) is 5.91 Å². The highest BCUT2D eigenvalue weighted by Crippen LogP contribution is 2.27. The maximum atomic E-state index is 12.8. The minimum Gasteiger partial charge on any atom is -0.354 e. The number of nitrogens with one attached hydrogen (secondary N) is 1. The normalized spacial score (nSPS) is 12.5. The SMILES string of the molecule is Cc1cc2c(cc3c(=O)n(CC(=O)NCC(C)c4ccccc4)nc(C)n32)s1. The van der Waals surface area contributed by atoms with Crippen LogP contribution in [0.15, 0.2) is 47.3 Å². The topological polar surface area (TPSA) is 68.4 Å². The molecule has 1 amide bonds. The van der Waals surface area contributed by atoms with Crippen molar-refractivity contribution in [2.75, 3.05) is 6.54 Å². The first-order valence-electron chi connectivity index (χ1n) is 9.25. The smallest absolute Gasteiger partial charge is 0.291 e. The van der Waals surface area contributed by atoms with Crippen LogP contribution >= 0.6 is 11.3 Å². The fraction of sp³-hybridized carbons (Fsp3) is 0.286. The Kier molecular flexibility index (Phi) is 4.77. The van der Waals surface area contributed by atoms with Crippen molar-refractivity contribution in [2.45, 2.75) is 33.2 Å². The first kappa shape index (κ1) is 18.4. The number of hydrogen-bond acceptors (Lipinski definition) is 4. The molecule has 28 heavy (non-hydrogen) atoms. The summed E-state index contributed by atoms with van der Waals surface area (Å²) in [4.78, 5) is 26.4. The third kappa shape index (κ3) is 3.33. The molecule has 0 bridgehead atoms. The molecule has 0 aliphatic carbocycles. The Balaban J connectivity index is 1.53. The van der Waals surface area contributed by atoms with Crippen LogP contribution in [0, 0.1) is 13.8 Å². The van der Waals surface area contributed by atoms with Gasteiger partial charge < -0.3 is 5.32 Å². The van der Waals surface area contributed by atoms with E-state index in [2.05, 4.69) is 23.4 Å². The van der Waals surface area contributed by atoms with Crippen LogP contribution in [0.4, 0.5) is 0 Å². The van der Waals surface area contributed by atoms with Crippen LogP contribution in [0.1, 0.15) is 29.1 Å². The van der Waals surface area contributed by atoms with Crippen molar-refractivity contribution < 1.29 is 4.79 Å². The lowest BCUT2D eigenvalue weighted by Gasteiger charge is -2.13. The molecule has 7 heteroatoms. The van der Waals surface area contributed by atoms with Crippen molar-refractivity contribution in [3.05, 3.63) is 69.1 Å². The number of nitrogens with zero attached hydrogens (tertiary/aromatic N) is 3. The third-order valence-electron chi connectivity index (χ3n) is 4.92. The fourth-order valence-corrected chi connectivity index (χ4v) is 4.43. The molecular weight excluding hydrogens is 372 g/mol. The zero-order valence-electron chi connectivity index (χ0n) is 16.1. The summed E-state index contributed by atoms with van der Waals surface area (Å²) in [5.74, 6) is 0.665. The first-order chi connectivity index (χ1) is 13.4. The van der Waals surface area contributed by atoms with E-state index in [1.54, 1.807) is 11.3 Å². The van der Waals surface area contributed by atoms with Crippen molar-refractivity contribution >= 4 is 33.0 Å². The predicted octanol–water partition coefficient (Wildman–Crippen LogP) is 3.25. The molecule has 4 aromatic rings. The summed E-state index contributed by atoms with van der Waals surface area (Å²) >= 11 is 1.65.